The first-order valence-corrected chi connectivity index (χ1v) is 5.15. The minimum Gasteiger partial charge on any atom is -0.153 e. The van der Waals surface area contributed by atoms with Crippen molar-refractivity contribution < 1.29 is 18.9 Å². The average molecular weight is 192 g/mol. The van der Waals surface area contributed by atoms with Gasteiger partial charge >= 0.3 is 18.9 Å². The standard InChI is InChI=1S/C14H17.Li/c1-8-6-10(3)14-12(5)9(2)7-13(14)11(8)4;/h6-7H,1-5H3;/q-1;+1. The summed E-state index contributed by atoms with van der Waals surface area (Å²) in [5.41, 5.74) is 7.10. The molecule has 0 atom stereocenters. The molecule has 0 aromatic heterocycles. The van der Waals surface area contributed by atoms with Crippen molar-refractivity contribution >= 4 is 10.8 Å². The summed E-state index contributed by atoms with van der Waals surface area (Å²) >= 11 is 0. The number of fused-ring (bicyclic) bond motifs is 1. The summed E-state index contributed by atoms with van der Waals surface area (Å²) in [5.74, 6) is 0. The Kier molecular flexibility index (Phi) is 3.43. The van der Waals surface area contributed by atoms with Crippen LogP contribution in [0.2, 0.25) is 0 Å². The molecule has 0 spiro atoms. The molecule has 2 rings (SSSR count). The fraction of sp³-hybridized carbons (Fsp3) is 0.357. The van der Waals surface area contributed by atoms with E-state index in [2.05, 4.69) is 46.8 Å². The zero-order chi connectivity index (χ0) is 10.5. The monoisotopic (exact) mass is 192 g/mol. The molecule has 0 unspecified atom stereocenters. The Hall–Kier alpha value is -0.573. The van der Waals surface area contributed by atoms with Crippen LogP contribution < -0.4 is 18.9 Å². The van der Waals surface area contributed by atoms with Gasteiger partial charge < -0.3 is 0 Å². The van der Waals surface area contributed by atoms with Crippen molar-refractivity contribution in [1.82, 2.24) is 0 Å². The molecule has 0 fully saturated rings. The number of benzene rings is 1. The van der Waals surface area contributed by atoms with Crippen LogP contribution in [-0.4, -0.2) is 0 Å². The molecule has 0 radical (unpaired) electrons. The molecule has 1 heteroatoms. The molecule has 0 N–H and O–H groups in total. The summed E-state index contributed by atoms with van der Waals surface area (Å²) in [6.07, 6.45) is 0. The van der Waals surface area contributed by atoms with Crippen molar-refractivity contribution in [2.45, 2.75) is 34.6 Å². The Morgan fingerprint density at radius 3 is 2.07 bits per heavy atom. The fourth-order valence-electron chi connectivity index (χ4n) is 2.32. The van der Waals surface area contributed by atoms with E-state index in [1.54, 1.807) is 0 Å². The van der Waals surface area contributed by atoms with Gasteiger partial charge in [0.25, 0.3) is 0 Å². The van der Waals surface area contributed by atoms with Gasteiger partial charge in [0.15, 0.2) is 0 Å². The maximum absolute atomic E-state index is 2.32. The van der Waals surface area contributed by atoms with Gasteiger partial charge in [0.05, 0.1) is 0 Å². The molecule has 0 bridgehead atoms. The molecule has 0 saturated heterocycles. The van der Waals surface area contributed by atoms with E-state index in [1.165, 1.54) is 38.6 Å². The van der Waals surface area contributed by atoms with E-state index in [4.69, 9.17) is 0 Å². The van der Waals surface area contributed by atoms with E-state index in [0.29, 0.717) is 0 Å². The molecule has 2 aromatic rings. The zero-order valence-corrected chi connectivity index (χ0v) is 10.7. The first kappa shape index (κ1) is 12.5. The van der Waals surface area contributed by atoms with Gasteiger partial charge in [-0.3, -0.25) is 0 Å². The van der Waals surface area contributed by atoms with E-state index in [9.17, 15) is 0 Å². The zero-order valence-electron chi connectivity index (χ0n) is 10.7. The van der Waals surface area contributed by atoms with Crippen LogP contribution in [0.1, 0.15) is 27.8 Å². The third kappa shape index (κ3) is 1.78. The molecule has 0 saturated carbocycles. The predicted molar refractivity (Wildman–Crippen MR) is 63.2 cm³/mol. The molecule has 0 nitrogen and oxygen atoms in total. The van der Waals surface area contributed by atoms with Gasteiger partial charge in [-0.1, -0.05) is 38.0 Å². The van der Waals surface area contributed by atoms with Crippen LogP contribution in [0.15, 0.2) is 12.1 Å². The first-order valence-electron chi connectivity index (χ1n) is 5.15. The molecule has 0 aliphatic carbocycles. The molecular formula is C14H17Li. The van der Waals surface area contributed by atoms with E-state index >= 15 is 0 Å². The Balaban J connectivity index is 0.00000112. The minimum atomic E-state index is 0. The summed E-state index contributed by atoms with van der Waals surface area (Å²) in [4.78, 5) is 0. The van der Waals surface area contributed by atoms with Crippen LogP contribution in [0, 0.1) is 34.6 Å². The Morgan fingerprint density at radius 2 is 1.47 bits per heavy atom. The third-order valence-corrected chi connectivity index (χ3v) is 3.42. The first-order chi connectivity index (χ1) is 6.52. The summed E-state index contributed by atoms with van der Waals surface area (Å²) < 4.78 is 0. The quantitative estimate of drug-likeness (QED) is 0.433. The maximum atomic E-state index is 2.32. The van der Waals surface area contributed by atoms with Gasteiger partial charge in [-0.25, -0.2) is 0 Å². The van der Waals surface area contributed by atoms with Crippen molar-refractivity contribution in [3.8, 4) is 0 Å². The van der Waals surface area contributed by atoms with Crippen LogP contribution in [0.4, 0.5) is 0 Å². The van der Waals surface area contributed by atoms with Crippen LogP contribution >= 0.6 is 0 Å². The van der Waals surface area contributed by atoms with Gasteiger partial charge in [0.1, 0.15) is 0 Å². The van der Waals surface area contributed by atoms with E-state index in [-0.39, 0.29) is 18.9 Å². The number of hydrogen-bond donors (Lipinski definition) is 0. The van der Waals surface area contributed by atoms with Crippen LogP contribution in [0.25, 0.3) is 10.8 Å². The Bertz CT molecular complexity index is 504. The maximum Gasteiger partial charge on any atom is 1.00 e. The van der Waals surface area contributed by atoms with Gasteiger partial charge in [-0.05, 0) is 13.8 Å². The molecular weight excluding hydrogens is 175 g/mol. The smallest absolute Gasteiger partial charge is 0.153 e. The van der Waals surface area contributed by atoms with Gasteiger partial charge in [-0.2, -0.15) is 5.56 Å². The third-order valence-electron chi connectivity index (χ3n) is 3.42. The summed E-state index contributed by atoms with van der Waals surface area (Å²) in [6, 6.07) is 4.62. The molecule has 0 amide bonds. The van der Waals surface area contributed by atoms with Crippen LogP contribution in [-0.2, 0) is 0 Å². The summed E-state index contributed by atoms with van der Waals surface area (Å²) in [5, 5.41) is 2.91. The second-order valence-electron chi connectivity index (χ2n) is 4.38. The number of aryl methyl sites for hydroxylation is 5. The van der Waals surface area contributed by atoms with E-state index in [0.717, 1.165) is 0 Å². The van der Waals surface area contributed by atoms with Crippen molar-refractivity contribution in [3.05, 3.63) is 39.9 Å². The number of hydrogen-bond acceptors (Lipinski definition) is 0. The van der Waals surface area contributed by atoms with E-state index in [1.807, 2.05) is 0 Å². The number of rotatable bonds is 0. The normalized spacial score (nSPS) is 10.5. The Labute approximate surface area is 104 Å². The SMILES string of the molecule is Cc1cc(C)c2c(C)c(C)[cH-]c2c1C.[Li+]. The second kappa shape index (κ2) is 4.12. The van der Waals surface area contributed by atoms with E-state index < -0.39 is 0 Å². The molecule has 0 heterocycles. The van der Waals surface area contributed by atoms with Crippen molar-refractivity contribution in [1.29, 1.82) is 0 Å². The molecule has 0 aliphatic rings. The molecule has 74 valence electrons. The van der Waals surface area contributed by atoms with Crippen LogP contribution in [0.5, 0.6) is 0 Å². The molecule has 2 aromatic carbocycles. The minimum absolute atomic E-state index is 0. The topological polar surface area (TPSA) is 0 Å². The van der Waals surface area contributed by atoms with Crippen molar-refractivity contribution in [3.63, 3.8) is 0 Å². The predicted octanol–water partition coefficient (Wildman–Crippen LogP) is 1.10. The fourth-order valence-corrected chi connectivity index (χ4v) is 2.32. The Morgan fingerprint density at radius 1 is 0.867 bits per heavy atom. The van der Waals surface area contributed by atoms with Crippen molar-refractivity contribution in [2.24, 2.45) is 0 Å². The second-order valence-corrected chi connectivity index (χ2v) is 4.38. The average Bonchev–Trinajstić information content (AvgIpc) is 2.40. The van der Waals surface area contributed by atoms with Gasteiger partial charge in [0, 0.05) is 0 Å². The van der Waals surface area contributed by atoms with Gasteiger partial charge in [0.2, 0.25) is 0 Å². The van der Waals surface area contributed by atoms with Crippen LogP contribution in [0.3, 0.4) is 0 Å². The molecule has 0 aliphatic heterocycles. The van der Waals surface area contributed by atoms with Gasteiger partial charge in [-0.15, -0.1) is 28.0 Å². The van der Waals surface area contributed by atoms with Crippen molar-refractivity contribution in [2.75, 3.05) is 0 Å². The largest absolute Gasteiger partial charge is 1.00 e. The molecule has 15 heavy (non-hydrogen) atoms. The summed E-state index contributed by atoms with van der Waals surface area (Å²) in [6.45, 7) is 11.0. The summed E-state index contributed by atoms with van der Waals surface area (Å²) in [7, 11) is 0.